The SMILES string of the molecule is COc1ccc(C(=O)Nc2nc(-c3ccc(OC)cc3)c(Cc3ccccc3)[nH]2)cc1. The number of hydrogen-bond donors (Lipinski definition) is 2. The standard InChI is InChI=1S/C25H23N3O3/c1-30-20-12-8-18(9-13-20)23-22(16-17-6-4-3-5-7-17)26-25(27-23)28-24(29)19-10-14-21(31-2)15-11-19/h3-15H,16H2,1-2H3,(H2,26,27,28,29). The number of aromatic amines is 1. The molecule has 0 spiro atoms. The predicted octanol–water partition coefficient (Wildman–Crippen LogP) is 4.94. The van der Waals surface area contributed by atoms with Crippen molar-refractivity contribution in [1.29, 1.82) is 0 Å². The van der Waals surface area contributed by atoms with Crippen LogP contribution in [0.15, 0.2) is 78.9 Å². The van der Waals surface area contributed by atoms with Crippen molar-refractivity contribution in [2.24, 2.45) is 0 Å². The zero-order chi connectivity index (χ0) is 21.6. The average Bonchev–Trinajstić information content (AvgIpc) is 3.21. The highest BCUT2D eigenvalue weighted by molar-refractivity contribution is 6.03. The summed E-state index contributed by atoms with van der Waals surface area (Å²) in [5, 5.41) is 2.86. The summed E-state index contributed by atoms with van der Waals surface area (Å²) in [5.41, 5.74) is 4.31. The zero-order valence-corrected chi connectivity index (χ0v) is 17.4. The van der Waals surface area contributed by atoms with Crippen molar-refractivity contribution < 1.29 is 14.3 Å². The van der Waals surface area contributed by atoms with Gasteiger partial charge in [0.25, 0.3) is 5.91 Å². The Labute approximate surface area is 180 Å². The molecule has 0 saturated carbocycles. The van der Waals surface area contributed by atoms with Gasteiger partial charge in [-0.3, -0.25) is 10.1 Å². The lowest BCUT2D eigenvalue weighted by molar-refractivity contribution is 0.102. The van der Waals surface area contributed by atoms with E-state index in [-0.39, 0.29) is 5.91 Å². The highest BCUT2D eigenvalue weighted by Crippen LogP contribution is 2.27. The van der Waals surface area contributed by atoms with E-state index in [1.807, 2.05) is 42.5 Å². The molecule has 4 rings (SSSR count). The maximum Gasteiger partial charge on any atom is 0.257 e. The minimum Gasteiger partial charge on any atom is -0.497 e. The topological polar surface area (TPSA) is 76.2 Å². The molecule has 1 amide bonds. The van der Waals surface area contributed by atoms with Crippen molar-refractivity contribution in [2.75, 3.05) is 19.5 Å². The molecule has 0 fully saturated rings. The summed E-state index contributed by atoms with van der Waals surface area (Å²) in [7, 11) is 3.23. The second-order valence-electron chi connectivity index (χ2n) is 6.99. The number of H-pyrrole nitrogens is 1. The van der Waals surface area contributed by atoms with Crippen molar-refractivity contribution in [1.82, 2.24) is 9.97 Å². The smallest absolute Gasteiger partial charge is 0.257 e. The molecule has 0 aliphatic rings. The van der Waals surface area contributed by atoms with Gasteiger partial charge in [0.05, 0.1) is 19.9 Å². The molecule has 6 nitrogen and oxygen atoms in total. The lowest BCUT2D eigenvalue weighted by Crippen LogP contribution is -2.12. The number of rotatable bonds is 7. The van der Waals surface area contributed by atoms with E-state index in [9.17, 15) is 4.79 Å². The van der Waals surface area contributed by atoms with E-state index in [4.69, 9.17) is 9.47 Å². The number of hydrogen-bond acceptors (Lipinski definition) is 4. The summed E-state index contributed by atoms with van der Waals surface area (Å²) in [5.74, 6) is 1.62. The van der Waals surface area contributed by atoms with Crippen LogP contribution in [0.5, 0.6) is 11.5 Å². The lowest BCUT2D eigenvalue weighted by atomic mass is 10.0. The number of nitrogens with zero attached hydrogens (tertiary/aromatic N) is 1. The van der Waals surface area contributed by atoms with E-state index >= 15 is 0 Å². The fourth-order valence-electron chi connectivity index (χ4n) is 3.31. The van der Waals surface area contributed by atoms with Crippen LogP contribution in [0, 0.1) is 0 Å². The van der Waals surface area contributed by atoms with Gasteiger partial charge in [-0.15, -0.1) is 0 Å². The Morgan fingerprint density at radius 1 is 0.871 bits per heavy atom. The molecule has 1 heterocycles. The van der Waals surface area contributed by atoms with Crippen LogP contribution in [0.3, 0.4) is 0 Å². The van der Waals surface area contributed by atoms with Gasteiger partial charge < -0.3 is 14.5 Å². The van der Waals surface area contributed by atoms with Gasteiger partial charge in [-0.05, 0) is 54.1 Å². The third-order valence-corrected chi connectivity index (χ3v) is 4.95. The number of ether oxygens (including phenoxy) is 2. The van der Waals surface area contributed by atoms with Crippen LogP contribution in [-0.2, 0) is 6.42 Å². The van der Waals surface area contributed by atoms with Gasteiger partial charge in [-0.2, -0.15) is 0 Å². The first kappa shape index (κ1) is 20.2. The van der Waals surface area contributed by atoms with E-state index in [2.05, 4.69) is 27.4 Å². The molecule has 6 heteroatoms. The third kappa shape index (κ3) is 4.75. The van der Waals surface area contributed by atoms with E-state index in [1.54, 1.807) is 38.5 Å². The molecule has 0 atom stereocenters. The maximum atomic E-state index is 12.7. The number of aromatic nitrogens is 2. The molecule has 3 aromatic carbocycles. The van der Waals surface area contributed by atoms with E-state index in [0.29, 0.717) is 23.7 Å². The summed E-state index contributed by atoms with van der Waals surface area (Å²) in [6.07, 6.45) is 0.660. The van der Waals surface area contributed by atoms with Crippen LogP contribution >= 0.6 is 0 Å². The van der Waals surface area contributed by atoms with E-state index < -0.39 is 0 Å². The molecule has 0 aliphatic heterocycles. The fourth-order valence-corrected chi connectivity index (χ4v) is 3.31. The minimum atomic E-state index is -0.246. The van der Waals surface area contributed by atoms with Crippen molar-refractivity contribution in [3.05, 3.63) is 95.7 Å². The molecule has 0 saturated heterocycles. The third-order valence-electron chi connectivity index (χ3n) is 4.95. The Kier molecular flexibility index (Phi) is 5.98. The number of carbonyl (C=O) groups is 1. The van der Waals surface area contributed by atoms with Crippen LogP contribution in [0.25, 0.3) is 11.3 Å². The summed E-state index contributed by atoms with van der Waals surface area (Å²) < 4.78 is 10.4. The predicted molar refractivity (Wildman–Crippen MR) is 121 cm³/mol. The van der Waals surface area contributed by atoms with Crippen LogP contribution in [0.4, 0.5) is 5.95 Å². The quantitative estimate of drug-likeness (QED) is 0.450. The first-order valence-corrected chi connectivity index (χ1v) is 9.89. The molecule has 2 N–H and O–H groups in total. The second kappa shape index (κ2) is 9.17. The van der Waals surface area contributed by atoms with Crippen LogP contribution in [0.2, 0.25) is 0 Å². The normalized spacial score (nSPS) is 10.5. The minimum absolute atomic E-state index is 0.246. The Bertz CT molecular complexity index is 1150. The Morgan fingerprint density at radius 2 is 1.48 bits per heavy atom. The summed E-state index contributed by atoms with van der Waals surface area (Å²) in [4.78, 5) is 20.6. The Morgan fingerprint density at radius 3 is 2.10 bits per heavy atom. The first-order chi connectivity index (χ1) is 15.2. The van der Waals surface area contributed by atoms with Crippen LogP contribution in [-0.4, -0.2) is 30.1 Å². The highest BCUT2D eigenvalue weighted by atomic mass is 16.5. The van der Waals surface area contributed by atoms with Crippen LogP contribution < -0.4 is 14.8 Å². The van der Waals surface area contributed by atoms with Crippen molar-refractivity contribution >= 4 is 11.9 Å². The van der Waals surface area contributed by atoms with Gasteiger partial charge >= 0.3 is 0 Å². The number of anilines is 1. The molecule has 1 aromatic heterocycles. The molecule has 31 heavy (non-hydrogen) atoms. The Balaban J connectivity index is 1.63. The largest absolute Gasteiger partial charge is 0.497 e. The van der Waals surface area contributed by atoms with Crippen molar-refractivity contribution in [3.8, 4) is 22.8 Å². The molecule has 156 valence electrons. The number of nitrogens with one attached hydrogen (secondary N) is 2. The number of amides is 1. The molecule has 0 unspecified atom stereocenters. The van der Waals surface area contributed by atoms with Gasteiger partial charge in [0.2, 0.25) is 5.95 Å². The molecule has 0 bridgehead atoms. The fraction of sp³-hybridized carbons (Fsp3) is 0.120. The summed E-state index contributed by atoms with van der Waals surface area (Å²) in [6, 6.07) is 24.8. The van der Waals surface area contributed by atoms with Gasteiger partial charge in [0.1, 0.15) is 11.5 Å². The number of carbonyl (C=O) groups excluding carboxylic acids is 1. The molecular weight excluding hydrogens is 390 g/mol. The van der Waals surface area contributed by atoms with Gasteiger partial charge in [0, 0.05) is 23.2 Å². The average molecular weight is 413 g/mol. The van der Waals surface area contributed by atoms with Crippen molar-refractivity contribution in [3.63, 3.8) is 0 Å². The summed E-state index contributed by atoms with van der Waals surface area (Å²) in [6.45, 7) is 0. The van der Waals surface area contributed by atoms with Gasteiger partial charge in [-0.25, -0.2) is 4.98 Å². The second-order valence-corrected chi connectivity index (χ2v) is 6.99. The van der Waals surface area contributed by atoms with E-state index in [0.717, 1.165) is 28.3 Å². The zero-order valence-electron chi connectivity index (χ0n) is 17.4. The van der Waals surface area contributed by atoms with E-state index in [1.165, 1.54) is 0 Å². The monoisotopic (exact) mass is 413 g/mol. The van der Waals surface area contributed by atoms with Crippen LogP contribution in [0.1, 0.15) is 21.6 Å². The number of benzene rings is 3. The van der Waals surface area contributed by atoms with Crippen molar-refractivity contribution in [2.45, 2.75) is 6.42 Å². The maximum absolute atomic E-state index is 12.7. The Hall–Kier alpha value is -4.06. The van der Waals surface area contributed by atoms with Gasteiger partial charge in [0.15, 0.2) is 0 Å². The number of methoxy groups -OCH3 is 2. The molecule has 4 aromatic rings. The summed E-state index contributed by atoms with van der Waals surface area (Å²) >= 11 is 0. The first-order valence-electron chi connectivity index (χ1n) is 9.89. The molecule has 0 radical (unpaired) electrons. The lowest BCUT2D eigenvalue weighted by Gasteiger charge is -2.04. The molecular formula is C25H23N3O3. The highest BCUT2D eigenvalue weighted by Gasteiger charge is 2.16. The molecule has 0 aliphatic carbocycles. The number of imidazole rings is 1. The van der Waals surface area contributed by atoms with Gasteiger partial charge in [-0.1, -0.05) is 30.3 Å².